The Kier molecular flexibility index (Phi) is 4.08. The van der Waals surface area contributed by atoms with Crippen LogP contribution in [-0.4, -0.2) is 0 Å². The van der Waals surface area contributed by atoms with Crippen LogP contribution in [0.1, 0.15) is 5.56 Å². The SMILES string of the molecule is Nc1ccc(Oc2cc(Br)cc(F)c2F)c(C(F)(F)F)c1. The van der Waals surface area contributed by atoms with E-state index in [4.69, 9.17) is 10.5 Å². The fourth-order valence-corrected chi connectivity index (χ4v) is 1.99. The van der Waals surface area contributed by atoms with Crippen LogP contribution in [0.2, 0.25) is 0 Å². The molecule has 2 aromatic carbocycles. The molecule has 8 heteroatoms. The molecule has 0 bridgehead atoms. The molecule has 112 valence electrons. The zero-order valence-corrected chi connectivity index (χ0v) is 11.7. The molecule has 2 aromatic rings. The number of rotatable bonds is 2. The number of hydrogen-bond donors (Lipinski definition) is 1. The van der Waals surface area contributed by atoms with Gasteiger partial charge in [0.2, 0.25) is 5.82 Å². The monoisotopic (exact) mass is 367 g/mol. The molecule has 21 heavy (non-hydrogen) atoms. The van der Waals surface area contributed by atoms with E-state index in [0.29, 0.717) is 6.07 Å². The van der Waals surface area contributed by atoms with Gasteiger partial charge in [-0.1, -0.05) is 15.9 Å². The maximum absolute atomic E-state index is 13.5. The lowest BCUT2D eigenvalue weighted by atomic mass is 10.1. The van der Waals surface area contributed by atoms with Crippen LogP contribution in [0.5, 0.6) is 11.5 Å². The Bertz CT molecular complexity index is 687. The predicted molar refractivity (Wildman–Crippen MR) is 70.0 cm³/mol. The molecule has 0 atom stereocenters. The van der Waals surface area contributed by atoms with Gasteiger partial charge in [-0.05, 0) is 30.3 Å². The summed E-state index contributed by atoms with van der Waals surface area (Å²) in [6, 6.07) is 4.61. The third-order valence-corrected chi connectivity index (χ3v) is 2.95. The van der Waals surface area contributed by atoms with Gasteiger partial charge in [-0.25, -0.2) is 4.39 Å². The minimum atomic E-state index is -4.74. The molecule has 2 rings (SSSR count). The average molecular weight is 368 g/mol. The van der Waals surface area contributed by atoms with Gasteiger partial charge in [0, 0.05) is 10.2 Å². The van der Waals surface area contributed by atoms with E-state index in [1.807, 2.05) is 0 Å². The van der Waals surface area contributed by atoms with E-state index in [0.717, 1.165) is 24.3 Å². The van der Waals surface area contributed by atoms with E-state index in [-0.39, 0.29) is 10.2 Å². The van der Waals surface area contributed by atoms with Crippen molar-refractivity contribution in [2.75, 3.05) is 5.73 Å². The third-order valence-electron chi connectivity index (χ3n) is 2.49. The molecule has 0 amide bonds. The predicted octanol–water partition coefficient (Wildman–Crippen LogP) is 5.12. The number of nitrogen functional groups attached to an aromatic ring is 1. The first-order chi connectivity index (χ1) is 9.68. The maximum Gasteiger partial charge on any atom is 0.420 e. The number of anilines is 1. The highest BCUT2D eigenvalue weighted by Gasteiger charge is 2.35. The van der Waals surface area contributed by atoms with Gasteiger partial charge in [0.15, 0.2) is 11.6 Å². The van der Waals surface area contributed by atoms with Crippen molar-refractivity contribution < 1.29 is 26.7 Å². The minimum absolute atomic E-state index is 0.125. The second kappa shape index (κ2) is 5.51. The number of nitrogens with two attached hydrogens (primary N) is 1. The van der Waals surface area contributed by atoms with Crippen LogP contribution >= 0.6 is 15.9 Å². The summed E-state index contributed by atoms with van der Waals surface area (Å²) >= 11 is 2.90. The first-order valence-electron chi connectivity index (χ1n) is 5.47. The molecule has 0 aliphatic carbocycles. The van der Waals surface area contributed by atoms with E-state index in [1.54, 1.807) is 0 Å². The number of hydrogen-bond acceptors (Lipinski definition) is 2. The van der Waals surface area contributed by atoms with Crippen molar-refractivity contribution in [3.63, 3.8) is 0 Å². The average Bonchev–Trinajstić information content (AvgIpc) is 2.36. The second-order valence-electron chi connectivity index (χ2n) is 4.06. The van der Waals surface area contributed by atoms with E-state index >= 15 is 0 Å². The molecule has 2 N–H and O–H groups in total. The number of halogens is 6. The minimum Gasteiger partial charge on any atom is -0.453 e. The Hall–Kier alpha value is -1.83. The quantitative estimate of drug-likeness (QED) is 0.454. The molecule has 0 spiro atoms. The van der Waals surface area contributed by atoms with Crippen LogP contribution in [0.15, 0.2) is 34.8 Å². The normalized spacial score (nSPS) is 11.5. The molecular formula is C13H7BrF5NO. The van der Waals surface area contributed by atoms with E-state index in [2.05, 4.69) is 15.9 Å². The molecule has 0 saturated heterocycles. The summed E-state index contributed by atoms with van der Waals surface area (Å²) in [7, 11) is 0. The van der Waals surface area contributed by atoms with Gasteiger partial charge >= 0.3 is 6.18 Å². The summed E-state index contributed by atoms with van der Waals surface area (Å²) < 4.78 is 70.4. The molecule has 0 fully saturated rings. The van der Waals surface area contributed by atoms with Gasteiger partial charge in [-0.15, -0.1) is 0 Å². The Balaban J connectivity index is 2.50. The van der Waals surface area contributed by atoms with Gasteiger partial charge in [0.1, 0.15) is 11.3 Å². The summed E-state index contributed by atoms with van der Waals surface area (Å²) in [5, 5.41) is 0. The van der Waals surface area contributed by atoms with Crippen molar-refractivity contribution >= 4 is 21.6 Å². The van der Waals surface area contributed by atoms with Crippen molar-refractivity contribution in [2.45, 2.75) is 6.18 Å². The molecule has 0 saturated carbocycles. The Morgan fingerprint density at radius 2 is 1.67 bits per heavy atom. The topological polar surface area (TPSA) is 35.2 Å². The van der Waals surface area contributed by atoms with Crippen molar-refractivity contribution in [2.24, 2.45) is 0 Å². The summed E-state index contributed by atoms with van der Waals surface area (Å²) in [6.07, 6.45) is -4.74. The Labute approximate surface area is 124 Å². The molecule has 0 aliphatic heterocycles. The third kappa shape index (κ3) is 3.44. The zero-order valence-electron chi connectivity index (χ0n) is 10.1. The van der Waals surface area contributed by atoms with Crippen molar-refractivity contribution in [1.82, 2.24) is 0 Å². The smallest absolute Gasteiger partial charge is 0.420 e. The summed E-state index contributed by atoms with van der Waals surface area (Å²) in [6.45, 7) is 0. The summed E-state index contributed by atoms with van der Waals surface area (Å²) in [5.74, 6) is -3.98. The van der Waals surface area contributed by atoms with E-state index < -0.39 is 34.9 Å². The maximum atomic E-state index is 13.5. The Morgan fingerprint density at radius 1 is 1.00 bits per heavy atom. The number of ether oxygens (including phenoxy) is 1. The highest BCUT2D eigenvalue weighted by atomic mass is 79.9. The fraction of sp³-hybridized carbons (Fsp3) is 0.0769. The lowest BCUT2D eigenvalue weighted by molar-refractivity contribution is -0.138. The van der Waals surface area contributed by atoms with Crippen molar-refractivity contribution in [1.29, 1.82) is 0 Å². The van der Waals surface area contributed by atoms with Crippen molar-refractivity contribution in [3.8, 4) is 11.5 Å². The lowest BCUT2D eigenvalue weighted by Gasteiger charge is -2.15. The van der Waals surface area contributed by atoms with Crippen molar-refractivity contribution in [3.05, 3.63) is 52.0 Å². The first-order valence-corrected chi connectivity index (χ1v) is 6.27. The van der Waals surface area contributed by atoms with Crippen LogP contribution in [-0.2, 0) is 6.18 Å². The molecule has 0 unspecified atom stereocenters. The van der Waals surface area contributed by atoms with Gasteiger partial charge in [0.05, 0.1) is 0 Å². The Morgan fingerprint density at radius 3 is 2.29 bits per heavy atom. The largest absolute Gasteiger partial charge is 0.453 e. The van der Waals surface area contributed by atoms with Crippen LogP contribution < -0.4 is 10.5 Å². The first kappa shape index (κ1) is 15.6. The molecular weight excluding hydrogens is 361 g/mol. The molecule has 2 nitrogen and oxygen atoms in total. The van der Waals surface area contributed by atoms with Gasteiger partial charge in [-0.3, -0.25) is 0 Å². The van der Waals surface area contributed by atoms with Gasteiger partial charge in [-0.2, -0.15) is 17.6 Å². The van der Waals surface area contributed by atoms with Gasteiger partial charge in [0.25, 0.3) is 0 Å². The number of alkyl halides is 3. The molecule has 0 heterocycles. The van der Waals surface area contributed by atoms with Crippen LogP contribution in [0, 0.1) is 11.6 Å². The molecule has 0 aliphatic rings. The highest BCUT2D eigenvalue weighted by molar-refractivity contribution is 9.10. The van der Waals surface area contributed by atoms with Crippen LogP contribution in [0.3, 0.4) is 0 Å². The highest BCUT2D eigenvalue weighted by Crippen LogP contribution is 2.40. The fourth-order valence-electron chi connectivity index (χ4n) is 1.58. The summed E-state index contributed by atoms with van der Waals surface area (Å²) in [5.41, 5.74) is 3.99. The summed E-state index contributed by atoms with van der Waals surface area (Å²) in [4.78, 5) is 0. The van der Waals surface area contributed by atoms with E-state index in [9.17, 15) is 22.0 Å². The zero-order chi connectivity index (χ0) is 15.8. The van der Waals surface area contributed by atoms with Gasteiger partial charge < -0.3 is 10.5 Å². The molecule has 0 radical (unpaired) electrons. The molecule has 0 aromatic heterocycles. The second-order valence-corrected chi connectivity index (χ2v) is 4.97. The van der Waals surface area contributed by atoms with Crippen LogP contribution in [0.25, 0.3) is 0 Å². The standard InChI is InChI=1S/C13H7BrF5NO/c14-6-3-9(15)12(16)11(4-6)21-10-2-1-7(20)5-8(10)13(17,18)19/h1-5H,20H2. The lowest BCUT2D eigenvalue weighted by Crippen LogP contribution is -2.08. The van der Waals surface area contributed by atoms with Crippen LogP contribution in [0.4, 0.5) is 27.6 Å². The van der Waals surface area contributed by atoms with E-state index in [1.165, 1.54) is 0 Å². The number of benzene rings is 2.